The number of carbonyl (C=O) groups is 2. The number of halogens is 1. The fourth-order valence-corrected chi connectivity index (χ4v) is 1.49. The SMILES string of the molecule is O=C(O)CCCNC(=O)NCCOc1ccc(Cl)cc1. The number of amides is 2. The van der Waals surface area contributed by atoms with Crippen LogP contribution in [-0.4, -0.2) is 36.8 Å². The number of rotatable bonds is 8. The number of aliphatic carboxylic acids is 1. The van der Waals surface area contributed by atoms with Crippen LogP contribution in [0.5, 0.6) is 5.75 Å². The monoisotopic (exact) mass is 300 g/mol. The summed E-state index contributed by atoms with van der Waals surface area (Å²) in [5, 5.41) is 14.2. The van der Waals surface area contributed by atoms with Crippen LogP contribution in [0.15, 0.2) is 24.3 Å². The first kappa shape index (κ1) is 16.1. The molecule has 0 aliphatic rings. The van der Waals surface area contributed by atoms with Crippen molar-refractivity contribution in [3.63, 3.8) is 0 Å². The highest BCUT2D eigenvalue weighted by atomic mass is 35.5. The lowest BCUT2D eigenvalue weighted by molar-refractivity contribution is -0.137. The second-order valence-electron chi connectivity index (χ2n) is 3.98. The molecule has 0 saturated heterocycles. The van der Waals surface area contributed by atoms with Gasteiger partial charge in [-0.05, 0) is 30.7 Å². The van der Waals surface area contributed by atoms with E-state index in [0.717, 1.165) is 0 Å². The summed E-state index contributed by atoms with van der Waals surface area (Å²) in [4.78, 5) is 21.6. The van der Waals surface area contributed by atoms with Crippen molar-refractivity contribution in [2.24, 2.45) is 0 Å². The molecule has 7 heteroatoms. The van der Waals surface area contributed by atoms with Gasteiger partial charge in [0.25, 0.3) is 0 Å². The smallest absolute Gasteiger partial charge is 0.314 e. The Morgan fingerprint density at radius 1 is 1.15 bits per heavy atom. The van der Waals surface area contributed by atoms with E-state index in [4.69, 9.17) is 21.4 Å². The quantitative estimate of drug-likeness (QED) is 0.640. The van der Waals surface area contributed by atoms with E-state index in [9.17, 15) is 9.59 Å². The molecular formula is C13H17ClN2O4. The molecule has 20 heavy (non-hydrogen) atoms. The number of carboxylic acids is 1. The molecule has 0 heterocycles. The number of ether oxygens (including phenoxy) is 1. The summed E-state index contributed by atoms with van der Waals surface area (Å²) in [5.74, 6) is -0.193. The maximum atomic E-state index is 11.3. The molecule has 0 aliphatic carbocycles. The average molecular weight is 301 g/mol. The third-order valence-electron chi connectivity index (χ3n) is 2.32. The Hall–Kier alpha value is -1.95. The minimum Gasteiger partial charge on any atom is -0.492 e. The molecule has 0 radical (unpaired) electrons. The lowest BCUT2D eigenvalue weighted by Gasteiger charge is -2.08. The van der Waals surface area contributed by atoms with Gasteiger partial charge in [-0.2, -0.15) is 0 Å². The maximum Gasteiger partial charge on any atom is 0.314 e. The van der Waals surface area contributed by atoms with Crippen LogP contribution in [0.1, 0.15) is 12.8 Å². The first-order chi connectivity index (χ1) is 9.58. The Kier molecular flexibility index (Phi) is 7.27. The summed E-state index contributed by atoms with van der Waals surface area (Å²) >= 11 is 5.74. The molecular weight excluding hydrogens is 284 g/mol. The van der Waals surface area contributed by atoms with Gasteiger partial charge in [0, 0.05) is 18.0 Å². The first-order valence-corrected chi connectivity index (χ1v) is 6.57. The number of urea groups is 1. The average Bonchev–Trinajstić information content (AvgIpc) is 2.41. The van der Waals surface area contributed by atoms with Gasteiger partial charge in [0.05, 0.1) is 6.54 Å². The highest BCUT2D eigenvalue weighted by molar-refractivity contribution is 6.30. The van der Waals surface area contributed by atoms with Gasteiger partial charge >= 0.3 is 12.0 Å². The zero-order valence-electron chi connectivity index (χ0n) is 10.9. The Bertz CT molecular complexity index is 437. The van der Waals surface area contributed by atoms with Gasteiger partial charge in [-0.15, -0.1) is 0 Å². The van der Waals surface area contributed by atoms with Crippen LogP contribution in [0.3, 0.4) is 0 Å². The summed E-state index contributed by atoms with van der Waals surface area (Å²) in [6.07, 6.45) is 0.448. The second kappa shape index (κ2) is 9.03. The number of hydrogen-bond acceptors (Lipinski definition) is 3. The predicted molar refractivity (Wildman–Crippen MR) is 75.2 cm³/mol. The Balaban J connectivity index is 2.04. The van der Waals surface area contributed by atoms with Crippen LogP contribution in [-0.2, 0) is 4.79 Å². The molecule has 2 amide bonds. The van der Waals surface area contributed by atoms with Crippen LogP contribution < -0.4 is 15.4 Å². The van der Waals surface area contributed by atoms with E-state index in [0.29, 0.717) is 36.9 Å². The van der Waals surface area contributed by atoms with Crippen LogP contribution in [0.25, 0.3) is 0 Å². The lowest BCUT2D eigenvalue weighted by atomic mass is 10.3. The van der Waals surface area contributed by atoms with E-state index in [1.54, 1.807) is 24.3 Å². The molecule has 0 atom stereocenters. The third kappa shape index (κ3) is 7.48. The fraction of sp³-hybridized carbons (Fsp3) is 0.385. The summed E-state index contributed by atoms with van der Waals surface area (Å²) in [6, 6.07) is 6.59. The molecule has 6 nitrogen and oxygen atoms in total. The molecule has 0 unspecified atom stereocenters. The first-order valence-electron chi connectivity index (χ1n) is 6.20. The molecule has 0 aliphatic heterocycles. The van der Waals surface area contributed by atoms with E-state index >= 15 is 0 Å². The van der Waals surface area contributed by atoms with Gasteiger partial charge in [-0.25, -0.2) is 4.79 Å². The van der Waals surface area contributed by atoms with Gasteiger partial charge in [0.2, 0.25) is 0 Å². The van der Waals surface area contributed by atoms with Gasteiger partial charge in [0.15, 0.2) is 0 Å². The number of nitrogens with one attached hydrogen (secondary N) is 2. The minimum absolute atomic E-state index is 0.0416. The van der Waals surface area contributed by atoms with Crippen molar-refractivity contribution in [3.8, 4) is 5.75 Å². The standard InChI is InChI=1S/C13H17ClN2O4/c14-10-3-5-11(6-4-10)20-9-8-16-13(19)15-7-1-2-12(17)18/h3-6H,1-2,7-9H2,(H,17,18)(H2,15,16,19). The molecule has 0 bridgehead atoms. The van der Waals surface area contributed by atoms with E-state index in [1.807, 2.05) is 0 Å². The zero-order valence-corrected chi connectivity index (χ0v) is 11.7. The Morgan fingerprint density at radius 3 is 2.45 bits per heavy atom. The number of benzene rings is 1. The maximum absolute atomic E-state index is 11.3. The van der Waals surface area contributed by atoms with Crippen LogP contribution in [0, 0.1) is 0 Å². The molecule has 0 spiro atoms. The van der Waals surface area contributed by atoms with Crippen LogP contribution >= 0.6 is 11.6 Å². The predicted octanol–water partition coefficient (Wildman–Crippen LogP) is 1.88. The minimum atomic E-state index is -0.872. The van der Waals surface area contributed by atoms with E-state index in [2.05, 4.69) is 10.6 Å². The molecule has 1 rings (SSSR count). The fourth-order valence-electron chi connectivity index (χ4n) is 1.37. The summed E-state index contributed by atoms with van der Waals surface area (Å²) < 4.78 is 5.39. The highest BCUT2D eigenvalue weighted by Crippen LogP contribution is 2.14. The molecule has 1 aromatic rings. The molecule has 3 N–H and O–H groups in total. The van der Waals surface area contributed by atoms with Gasteiger partial charge in [-0.1, -0.05) is 11.6 Å². The lowest BCUT2D eigenvalue weighted by Crippen LogP contribution is -2.38. The Labute approximate surface area is 122 Å². The van der Waals surface area contributed by atoms with Crippen molar-refractivity contribution < 1.29 is 19.4 Å². The number of carbonyl (C=O) groups excluding carboxylic acids is 1. The van der Waals surface area contributed by atoms with Crippen LogP contribution in [0.4, 0.5) is 4.79 Å². The zero-order chi connectivity index (χ0) is 14.8. The Morgan fingerprint density at radius 2 is 1.80 bits per heavy atom. The van der Waals surface area contributed by atoms with Crippen LogP contribution in [0.2, 0.25) is 5.02 Å². The van der Waals surface area contributed by atoms with Crippen molar-refractivity contribution in [3.05, 3.63) is 29.3 Å². The summed E-state index contributed by atoms with van der Waals surface area (Å²) in [7, 11) is 0. The summed E-state index contributed by atoms with van der Waals surface area (Å²) in [6.45, 7) is 1.02. The van der Waals surface area contributed by atoms with Gasteiger partial charge in [0.1, 0.15) is 12.4 Å². The number of carboxylic acid groups (broad SMARTS) is 1. The van der Waals surface area contributed by atoms with E-state index < -0.39 is 5.97 Å². The molecule has 0 fully saturated rings. The van der Waals surface area contributed by atoms with Crippen molar-refractivity contribution in [1.82, 2.24) is 10.6 Å². The summed E-state index contributed by atoms with van der Waals surface area (Å²) in [5.41, 5.74) is 0. The van der Waals surface area contributed by atoms with E-state index in [1.165, 1.54) is 0 Å². The molecule has 110 valence electrons. The molecule has 1 aromatic carbocycles. The normalized spacial score (nSPS) is 9.85. The largest absolute Gasteiger partial charge is 0.492 e. The van der Waals surface area contributed by atoms with Gasteiger partial charge < -0.3 is 20.5 Å². The van der Waals surface area contributed by atoms with Gasteiger partial charge in [-0.3, -0.25) is 4.79 Å². The molecule has 0 aromatic heterocycles. The number of hydrogen-bond donors (Lipinski definition) is 3. The second-order valence-corrected chi connectivity index (χ2v) is 4.42. The van der Waals surface area contributed by atoms with Crippen molar-refractivity contribution in [1.29, 1.82) is 0 Å². The van der Waals surface area contributed by atoms with Crippen molar-refractivity contribution in [2.75, 3.05) is 19.7 Å². The van der Waals surface area contributed by atoms with Crippen molar-refractivity contribution in [2.45, 2.75) is 12.8 Å². The van der Waals surface area contributed by atoms with E-state index in [-0.39, 0.29) is 12.5 Å². The van der Waals surface area contributed by atoms with Crippen molar-refractivity contribution >= 4 is 23.6 Å². The topological polar surface area (TPSA) is 87.7 Å². The molecule has 0 saturated carbocycles. The highest BCUT2D eigenvalue weighted by Gasteiger charge is 2.01. The third-order valence-corrected chi connectivity index (χ3v) is 2.57.